The van der Waals surface area contributed by atoms with Crippen molar-refractivity contribution in [2.45, 2.75) is 0 Å². The highest BCUT2D eigenvalue weighted by molar-refractivity contribution is 5.87. The summed E-state index contributed by atoms with van der Waals surface area (Å²) in [5, 5.41) is 24.9. The molecule has 0 aliphatic rings. The molecule has 3 N–H and O–H groups in total. The number of carbonyl (C=O) groups is 2. The molecule has 0 bridgehead atoms. The van der Waals surface area contributed by atoms with E-state index in [1.54, 1.807) is 0 Å². The first-order chi connectivity index (χ1) is 5.54. The fourth-order valence-electron chi connectivity index (χ4n) is 0.575. The van der Waals surface area contributed by atoms with Crippen molar-refractivity contribution in [1.82, 2.24) is 0 Å². The molecule has 6 heteroatoms. The first-order valence-electron chi connectivity index (χ1n) is 2.86. The van der Waals surface area contributed by atoms with Crippen molar-refractivity contribution in [3.63, 3.8) is 0 Å². The Morgan fingerprint density at radius 2 is 1.67 bits per heavy atom. The second kappa shape index (κ2) is 3.94. The zero-order valence-corrected chi connectivity index (χ0v) is 5.89. The molecule has 0 aliphatic heterocycles. The lowest BCUT2D eigenvalue weighted by molar-refractivity contribution is -0.143. The highest BCUT2D eigenvalue weighted by Crippen LogP contribution is 2.09. The minimum Gasteiger partial charge on any atom is -0.480 e. The molecule has 0 aromatic carbocycles. The smallest absolute Gasteiger partial charge is 0.322 e. The molecule has 0 aliphatic carbocycles. The van der Waals surface area contributed by atoms with E-state index < -0.39 is 23.7 Å². The van der Waals surface area contributed by atoms with Crippen molar-refractivity contribution in [3.05, 3.63) is 0 Å². The van der Waals surface area contributed by atoms with Crippen LogP contribution in [0.4, 0.5) is 0 Å². The van der Waals surface area contributed by atoms with Crippen LogP contribution < -0.4 is 5.73 Å². The van der Waals surface area contributed by atoms with Crippen molar-refractivity contribution in [2.75, 3.05) is 0 Å². The van der Waals surface area contributed by atoms with Gasteiger partial charge in [-0.15, -0.1) is 0 Å². The summed E-state index contributed by atoms with van der Waals surface area (Å²) in [6.07, 6.45) is 0. The molecule has 0 rings (SSSR count). The Hall–Kier alpha value is -2.08. The molecule has 0 radical (unpaired) electrons. The third kappa shape index (κ3) is 1.96. The lowest BCUT2D eigenvalue weighted by atomic mass is 9.95. The van der Waals surface area contributed by atoms with E-state index in [1.807, 2.05) is 0 Å². The molecule has 2 unspecified atom stereocenters. The first kappa shape index (κ1) is 9.92. The maximum absolute atomic E-state index is 10.4. The molecule has 0 spiro atoms. The predicted molar refractivity (Wildman–Crippen MR) is 35.0 cm³/mol. The molecule has 0 fully saturated rings. The van der Waals surface area contributed by atoms with Gasteiger partial charge in [-0.05, 0) is 0 Å². The number of carbonyl (C=O) groups excluding carboxylic acids is 1. The Morgan fingerprint density at radius 1 is 1.25 bits per heavy atom. The average molecular weight is 167 g/mol. The highest BCUT2D eigenvalue weighted by atomic mass is 16.4. The number of amides is 1. The Balaban J connectivity index is 4.74. The third-order valence-electron chi connectivity index (χ3n) is 1.18. The fraction of sp³-hybridized carbons (Fsp3) is 0.333. The van der Waals surface area contributed by atoms with Gasteiger partial charge in [0.05, 0.1) is 12.1 Å². The van der Waals surface area contributed by atoms with E-state index >= 15 is 0 Å². The van der Waals surface area contributed by atoms with Crippen LogP contribution in [0.2, 0.25) is 0 Å². The molecule has 0 aromatic rings. The number of nitriles is 2. The van der Waals surface area contributed by atoms with E-state index in [0.717, 1.165) is 0 Å². The number of aliphatic carboxylic acids is 1. The summed E-state index contributed by atoms with van der Waals surface area (Å²) in [6, 6.07) is 2.67. The van der Waals surface area contributed by atoms with Gasteiger partial charge in [0.15, 0.2) is 11.8 Å². The second-order valence-corrected chi connectivity index (χ2v) is 1.95. The summed E-state index contributed by atoms with van der Waals surface area (Å²) in [6.45, 7) is 0. The molecule has 0 saturated heterocycles. The van der Waals surface area contributed by atoms with E-state index in [4.69, 9.17) is 15.6 Å². The molecular formula is C6H5N3O3. The molecule has 0 aromatic heterocycles. The van der Waals surface area contributed by atoms with Gasteiger partial charge in [0.2, 0.25) is 5.91 Å². The van der Waals surface area contributed by atoms with Gasteiger partial charge in [0.25, 0.3) is 0 Å². The summed E-state index contributed by atoms with van der Waals surface area (Å²) in [4.78, 5) is 20.7. The number of hydrogen-bond donors (Lipinski definition) is 2. The van der Waals surface area contributed by atoms with Gasteiger partial charge in [0, 0.05) is 0 Å². The lowest BCUT2D eigenvalue weighted by Crippen LogP contribution is -2.32. The van der Waals surface area contributed by atoms with Gasteiger partial charge >= 0.3 is 5.97 Å². The molecule has 62 valence electrons. The van der Waals surface area contributed by atoms with Crippen LogP contribution in [0.5, 0.6) is 0 Å². The molecule has 12 heavy (non-hydrogen) atoms. The normalized spacial score (nSPS) is 13.5. The number of nitrogens with zero attached hydrogens (tertiary/aromatic N) is 2. The molecular weight excluding hydrogens is 162 g/mol. The number of carboxylic acids is 1. The molecule has 1 amide bonds. The first-order valence-corrected chi connectivity index (χ1v) is 2.86. The molecule has 6 nitrogen and oxygen atoms in total. The number of nitrogens with two attached hydrogens (primary N) is 1. The molecule has 2 atom stereocenters. The van der Waals surface area contributed by atoms with Crippen LogP contribution in [0.1, 0.15) is 0 Å². The van der Waals surface area contributed by atoms with Gasteiger partial charge in [-0.25, -0.2) is 0 Å². The number of primary amides is 1. The maximum Gasteiger partial charge on any atom is 0.322 e. The number of carboxylic acid groups (broad SMARTS) is 1. The minimum atomic E-state index is -1.69. The van der Waals surface area contributed by atoms with E-state index in [9.17, 15) is 9.59 Å². The van der Waals surface area contributed by atoms with E-state index in [-0.39, 0.29) is 0 Å². The molecule has 0 saturated carbocycles. The van der Waals surface area contributed by atoms with Crippen molar-refractivity contribution in [2.24, 2.45) is 17.6 Å². The minimum absolute atomic E-state index is 1.11. The predicted octanol–water partition coefficient (Wildman–Crippen LogP) is -1.16. The molecule has 0 heterocycles. The summed E-state index contributed by atoms with van der Waals surface area (Å²) in [5.74, 6) is -5.91. The van der Waals surface area contributed by atoms with Crippen LogP contribution >= 0.6 is 0 Å². The van der Waals surface area contributed by atoms with E-state index in [0.29, 0.717) is 0 Å². The summed E-state index contributed by atoms with van der Waals surface area (Å²) in [7, 11) is 0. The number of rotatable bonds is 3. The highest BCUT2D eigenvalue weighted by Gasteiger charge is 2.32. The van der Waals surface area contributed by atoms with Crippen LogP contribution in [-0.2, 0) is 9.59 Å². The van der Waals surface area contributed by atoms with Crippen LogP contribution in [0, 0.1) is 34.5 Å². The summed E-state index contributed by atoms with van der Waals surface area (Å²) < 4.78 is 0. The largest absolute Gasteiger partial charge is 0.480 e. The van der Waals surface area contributed by atoms with Crippen LogP contribution in [0.25, 0.3) is 0 Å². The quantitative estimate of drug-likeness (QED) is 0.547. The monoisotopic (exact) mass is 167 g/mol. The Kier molecular flexibility index (Phi) is 3.26. The van der Waals surface area contributed by atoms with E-state index in [2.05, 4.69) is 5.73 Å². The van der Waals surface area contributed by atoms with Crippen molar-refractivity contribution < 1.29 is 14.7 Å². The second-order valence-electron chi connectivity index (χ2n) is 1.95. The maximum atomic E-state index is 10.4. The Labute approximate surface area is 67.8 Å². The summed E-state index contributed by atoms with van der Waals surface area (Å²) >= 11 is 0. The van der Waals surface area contributed by atoms with Gasteiger partial charge < -0.3 is 10.8 Å². The van der Waals surface area contributed by atoms with Crippen molar-refractivity contribution in [3.8, 4) is 12.1 Å². The summed E-state index contributed by atoms with van der Waals surface area (Å²) in [5.41, 5.74) is 4.69. The van der Waals surface area contributed by atoms with Crippen LogP contribution in [0.3, 0.4) is 0 Å². The standard InChI is InChI=1S/C6H5N3O3/c7-1-3(5(9)10)4(2-8)6(11)12/h3-4H,(H2,9,10)(H,11,12). The van der Waals surface area contributed by atoms with Crippen LogP contribution in [0.15, 0.2) is 0 Å². The fourth-order valence-corrected chi connectivity index (χ4v) is 0.575. The topological polar surface area (TPSA) is 128 Å². The SMILES string of the molecule is N#CC(C(N)=O)C(C#N)C(=O)O. The lowest BCUT2D eigenvalue weighted by Gasteiger charge is -2.05. The number of hydrogen-bond acceptors (Lipinski definition) is 4. The van der Waals surface area contributed by atoms with Crippen LogP contribution in [-0.4, -0.2) is 17.0 Å². The van der Waals surface area contributed by atoms with Gasteiger partial charge in [0.1, 0.15) is 0 Å². The third-order valence-corrected chi connectivity index (χ3v) is 1.18. The van der Waals surface area contributed by atoms with Crippen molar-refractivity contribution in [1.29, 1.82) is 10.5 Å². The Morgan fingerprint density at radius 3 is 1.75 bits per heavy atom. The van der Waals surface area contributed by atoms with Gasteiger partial charge in [-0.2, -0.15) is 10.5 Å². The van der Waals surface area contributed by atoms with Gasteiger partial charge in [-0.1, -0.05) is 0 Å². The zero-order chi connectivity index (χ0) is 9.72. The Bertz CT molecular complexity index is 255. The van der Waals surface area contributed by atoms with Crippen molar-refractivity contribution >= 4 is 11.9 Å². The van der Waals surface area contributed by atoms with Gasteiger partial charge in [-0.3, -0.25) is 9.59 Å². The van der Waals surface area contributed by atoms with E-state index in [1.165, 1.54) is 12.1 Å². The zero-order valence-electron chi connectivity index (χ0n) is 5.89. The average Bonchev–Trinajstić information content (AvgIpc) is 1.98.